The molecular weight excluding hydrogens is 242 g/mol. The zero-order chi connectivity index (χ0) is 13.5. The van der Waals surface area contributed by atoms with Crippen LogP contribution in [0.15, 0.2) is 42.6 Å². The predicted octanol–water partition coefficient (Wildman–Crippen LogP) is 2.81. The van der Waals surface area contributed by atoms with E-state index in [1.807, 2.05) is 43.3 Å². The molecule has 0 fully saturated rings. The first-order valence-electron chi connectivity index (χ1n) is 6.29. The van der Waals surface area contributed by atoms with Crippen molar-refractivity contribution >= 4 is 0 Å². The van der Waals surface area contributed by atoms with Crippen LogP contribution in [0.1, 0.15) is 12.5 Å². The SMILES string of the molecule is CCOc1cccnc1Oc1ccc(CCO)cc1. The lowest BCUT2D eigenvalue weighted by Gasteiger charge is -2.10. The minimum atomic E-state index is 0.148. The van der Waals surface area contributed by atoms with E-state index in [9.17, 15) is 0 Å². The number of aliphatic hydroxyl groups excluding tert-OH is 1. The van der Waals surface area contributed by atoms with Crippen LogP contribution < -0.4 is 9.47 Å². The predicted molar refractivity (Wildman–Crippen MR) is 72.7 cm³/mol. The molecule has 100 valence electrons. The molecule has 0 amide bonds. The molecule has 0 saturated heterocycles. The maximum Gasteiger partial charge on any atom is 0.262 e. The molecule has 1 aromatic heterocycles. The van der Waals surface area contributed by atoms with E-state index in [1.54, 1.807) is 6.20 Å². The van der Waals surface area contributed by atoms with Crippen molar-refractivity contribution < 1.29 is 14.6 Å². The number of rotatable bonds is 6. The topological polar surface area (TPSA) is 51.6 Å². The Morgan fingerprint density at radius 3 is 2.63 bits per heavy atom. The van der Waals surface area contributed by atoms with Gasteiger partial charge in [-0.1, -0.05) is 12.1 Å². The molecule has 2 rings (SSSR count). The lowest BCUT2D eigenvalue weighted by Crippen LogP contribution is -1.97. The molecule has 0 radical (unpaired) electrons. The molecule has 0 bridgehead atoms. The Bertz CT molecular complexity index is 511. The van der Waals surface area contributed by atoms with Crippen molar-refractivity contribution in [1.29, 1.82) is 0 Å². The zero-order valence-electron chi connectivity index (χ0n) is 10.9. The summed E-state index contributed by atoms with van der Waals surface area (Å²) in [6.45, 7) is 2.63. The van der Waals surface area contributed by atoms with Crippen LogP contribution in [0.3, 0.4) is 0 Å². The Labute approximate surface area is 112 Å². The maximum atomic E-state index is 8.86. The fraction of sp³-hybridized carbons (Fsp3) is 0.267. The third-order valence-electron chi connectivity index (χ3n) is 2.57. The van der Waals surface area contributed by atoms with Crippen LogP contribution in [0.2, 0.25) is 0 Å². The first-order valence-corrected chi connectivity index (χ1v) is 6.29. The first-order chi connectivity index (χ1) is 9.33. The smallest absolute Gasteiger partial charge is 0.262 e. The largest absolute Gasteiger partial charge is 0.488 e. The molecule has 1 heterocycles. The van der Waals surface area contributed by atoms with Crippen LogP contribution in [0.4, 0.5) is 0 Å². The fourth-order valence-electron chi connectivity index (χ4n) is 1.68. The van der Waals surface area contributed by atoms with Crippen LogP contribution in [0, 0.1) is 0 Å². The lowest BCUT2D eigenvalue weighted by atomic mass is 10.1. The van der Waals surface area contributed by atoms with Crippen LogP contribution in [0.25, 0.3) is 0 Å². The molecule has 4 nitrogen and oxygen atoms in total. The van der Waals surface area contributed by atoms with E-state index in [2.05, 4.69) is 4.98 Å². The molecule has 0 unspecified atom stereocenters. The third-order valence-corrected chi connectivity index (χ3v) is 2.57. The summed E-state index contributed by atoms with van der Waals surface area (Å²) in [4.78, 5) is 4.16. The number of pyridine rings is 1. The number of benzene rings is 1. The Morgan fingerprint density at radius 2 is 1.95 bits per heavy atom. The van der Waals surface area contributed by atoms with Gasteiger partial charge in [0.25, 0.3) is 5.88 Å². The fourth-order valence-corrected chi connectivity index (χ4v) is 1.68. The van der Waals surface area contributed by atoms with Gasteiger partial charge in [0, 0.05) is 12.8 Å². The second-order valence-corrected chi connectivity index (χ2v) is 3.96. The van der Waals surface area contributed by atoms with E-state index in [0.717, 1.165) is 5.56 Å². The molecule has 4 heteroatoms. The first kappa shape index (κ1) is 13.4. The minimum absolute atomic E-state index is 0.148. The molecule has 0 aliphatic heterocycles. The van der Waals surface area contributed by atoms with Crippen molar-refractivity contribution in [1.82, 2.24) is 4.98 Å². The Morgan fingerprint density at radius 1 is 1.16 bits per heavy atom. The summed E-state index contributed by atoms with van der Waals surface area (Å²) in [5.74, 6) is 1.78. The standard InChI is InChI=1S/C15H17NO3/c1-2-18-14-4-3-10-16-15(14)19-13-7-5-12(6-8-13)9-11-17/h3-8,10,17H,2,9,11H2,1H3. The van der Waals surface area contributed by atoms with Crippen molar-refractivity contribution in [2.75, 3.05) is 13.2 Å². The van der Waals surface area contributed by atoms with Crippen LogP contribution >= 0.6 is 0 Å². The summed E-state index contributed by atoms with van der Waals surface area (Å²) in [7, 11) is 0. The van der Waals surface area contributed by atoms with Gasteiger partial charge in [-0.3, -0.25) is 0 Å². The van der Waals surface area contributed by atoms with Crippen molar-refractivity contribution in [3.63, 3.8) is 0 Å². The second-order valence-electron chi connectivity index (χ2n) is 3.96. The van der Waals surface area contributed by atoms with Gasteiger partial charge in [-0.15, -0.1) is 0 Å². The molecule has 0 aliphatic rings. The van der Waals surface area contributed by atoms with Crippen molar-refractivity contribution in [2.45, 2.75) is 13.3 Å². The molecule has 0 aliphatic carbocycles. The molecule has 0 atom stereocenters. The molecule has 1 N–H and O–H groups in total. The van der Waals surface area contributed by atoms with Crippen molar-refractivity contribution in [3.05, 3.63) is 48.2 Å². The van der Waals surface area contributed by atoms with Gasteiger partial charge < -0.3 is 14.6 Å². The summed E-state index contributed by atoms with van der Waals surface area (Å²) in [6, 6.07) is 11.2. The summed E-state index contributed by atoms with van der Waals surface area (Å²) < 4.78 is 11.1. The number of hydrogen-bond donors (Lipinski definition) is 1. The highest BCUT2D eigenvalue weighted by atomic mass is 16.5. The lowest BCUT2D eigenvalue weighted by molar-refractivity contribution is 0.299. The van der Waals surface area contributed by atoms with E-state index in [4.69, 9.17) is 14.6 Å². The molecular formula is C15H17NO3. The highest BCUT2D eigenvalue weighted by Crippen LogP contribution is 2.28. The number of aliphatic hydroxyl groups is 1. The van der Waals surface area contributed by atoms with Crippen LogP contribution in [0.5, 0.6) is 17.4 Å². The molecule has 19 heavy (non-hydrogen) atoms. The van der Waals surface area contributed by atoms with Crippen LogP contribution in [-0.4, -0.2) is 23.3 Å². The Balaban J connectivity index is 2.12. The highest BCUT2D eigenvalue weighted by molar-refractivity contribution is 5.37. The van der Waals surface area contributed by atoms with Gasteiger partial charge in [0.15, 0.2) is 5.75 Å². The minimum Gasteiger partial charge on any atom is -0.488 e. The number of nitrogens with zero attached hydrogens (tertiary/aromatic N) is 1. The second kappa shape index (κ2) is 6.75. The van der Waals surface area contributed by atoms with E-state index in [-0.39, 0.29) is 6.61 Å². The molecule has 1 aromatic carbocycles. The molecule has 0 saturated carbocycles. The molecule has 2 aromatic rings. The van der Waals surface area contributed by atoms with Gasteiger partial charge in [0.05, 0.1) is 6.61 Å². The summed E-state index contributed by atoms with van der Waals surface area (Å²) in [5.41, 5.74) is 1.07. The van der Waals surface area contributed by atoms with E-state index < -0.39 is 0 Å². The Hall–Kier alpha value is -2.07. The summed E-state index contributed by atoms with van der Waals surface area (Å²) in [6.07, 6.45) is 2.31. The zero-order valence-corrected chi connectivity index (χ0v) is 10.9. The molecule has 0 spiro atoms. The average Bonchev–Trinajstić information content (AvgIpc) is 2.44. The highest BCUT2D eigenvalue weighted by Gasteiger charge is 2.06. The quantitative estimate of drug-likeness (QED) is 0.866. The number of ether oxygens (including phenoxy) is 2. The van der Waals surface area contributed by atoms with Gasteiger partial charge in [0.2, 0.25) is 0 Å². The van der Waals surface area contributed by atoms with Gasteiger partial charge in [0.1, 0.15) is 5.75 Å². The van der Waals surface area contributed by atoms with Gasteiger partial charge in [-0.2, -0.15) is 0 Å². The Kier molecular flexibility index (Phi) is 4.75. The van der Waals surface area contributed by atoms with Gasteiger partial charge >= 0.3 is 0 Å². The summed E-state index contributed by atoms with van der Waals surface area (Å²) >= 11 is 0. The normalized spacial score (nSPS) is 10.2. The van der Waals surface area contributed by atoms with Gasteiger partial charge in [-0.05, 0) is 43.2 Å². The van der Waals surface area contributed by atoms with E-state index >= 15 is 0 Å². The van der Waals surface area contributed by atoms with Gasteiger partial charge in [-0.25, -0.2) is 4.98 Å². The maximum absolute atomic E-state index is 8.86. The van der Waals surface area contributed by atoms with E-state index in [1.165, 1.54) is 0 Å². The van der Waals surface area contributed by atoms with Crippen molar-refractivity contribution in [2.24, 2.45) is 0 Å². The van der Waals surface area contributed by atoms with Crippen LogP contribution in [-0.2, 0) is 6.42 Å². The summed E-state index contributed by atoms with van der Waals surface area (Å²) in [5, 5.41) is 8.86. The third kappa shape index (κ3) is 3.69. The average molecular weight is 259 g/mol. The number of hydrogen-bond acceptors (Lipinski definition) is 4. The monoisotopic (exact) mass is 259 g/mol. The van der Waals surface area contributed by atoms with Crippen molar-refractivity contribution in [3.8, 4) is 17.4 Å². The number of aromatic nitrogens is 1. The van der Waals surface area contributed by atoms with E-state index in [0.29, 0.717) is 30.4 Å².